The Labute approximate surface area is 158 Å². The average Bonchev–Trinajstić information content (AvgIpc) is 3.24. The van der Waals surface area contributed by atoms with Crippen molar-refractivity contribution in [3.63, 3.8) is 0 Å². The zero-order valence-electron chi connectivity index (χ0n) is 15.3. The standard InChI is InChI=1S/C18H16N4O6/c1-9-15(11(3)23)10(2)19-16(9)18(24)27-8-14-20-21-17(28-14)12-4-6-13(7-5-12)22(25)26/h4-7,19H,8H2,1-3H3. The zero-order chi connectivity index (χ0) is 20.4. The summed E-state index contributed by atoms with van der Waals surface area (Å²) in [5, 5.41) is 18.3. The first-order valence-corrected chi connectivity index (χ1v) is 8.22. The zero-order valence-corrected chi connectivity index (χ0v) is 15.3. The molecule has 0 aliphatic rings. The number of aromatic amines is 1. The van der Waals surface area contributed by atoms with Gasteiger partial charge in [0, 0.05) is 29.0 Å². The molecule has 0 bridgehead atoms. The normalized spacial score (nSPS) is 10.7. The number of nitrogens with one attached hydrogen (secondary N) is 1. The van der Waals surface area contributed by atoms with Crippen LogP contribution < -0.4 is 0 Å². The molecular formula is C18H16N4O6. The van der Waals surface area contributed by atoms with Crippen LogP contribution in [0.25, 0.3) is 11.5 Å². The quantitative estimate of drug-likeness (QED) is 0.296. The first-order valence-electron chi connectivity index (χ1n) is 8.22. The van der Waals surface area contributed by atoms with Gasteiger partial charge in [-0.05, 0) is 38.5 Å². The molecule has 3 rings (SSSR count). The van der Waals surface area contributed by atoms with E-state index >= 15 is 0 Å². The van der Waals surface area contributed by atoms with Crippen molar-refractivity contribution >= 4 is 17.4 Å². The summed E-state index contributed by atoms with van der Waals surface area (Å²) < 4.78 is 10.6. The van der Waals surface area contributed by atoms with E-state index in [0.717, 1.165) is 0 Å². The second-order valence-electron chi connectivity index (χ2n) is 6.06. The Morgan fingerprint density at radius 1 is 1.21 bits per heavy atom. The number of benzene rings is 1. The molecule has 0 aliphatic carbocycles. The van der Waals surface area contributed by atoms with E-state index in [1.807, 2.05) is 0 Å². The summed E-state index contributed by atoms with van der Waals surface area (Å²) in [7, 11) is 0. The fourth-order valence-corrected chi connectivity index (χ4v) is 2.84. The molecule has 0 aliphatic heterocycles. The molecule has 0 fully saturated rings. The molecular weight excluding hydrogens is 368 g/mol. The van der Waals surface area contributed by atoms with Crippen molar-refractivity contribution in [2.75, 3.05) is 0 Å². The molecule has 0 atom stereocenters. The van der Waals surface area contributed by atoms with E-state index in [2.05, 4.69) is 15.2 Å². The van der Waals surface area contributed by atoms with Gasteiger partial charge < -0.3 is 14.1 Å². The van der Waals surface area contributed by atoms with Crippen molar-refractivity contribution in [3.8, 4) is 11.5 Å². The highest BCUT2D eigenvalue weighted by Crippen LogP contribution is 2.22. The van der Waals surface area contributed by atoms with Gasteiger partial charge in [-0.15, -0.1) is 10.2 Å². The van der Waals surface area contributed by atoms with Gasteiger partial charge in [0.15, 0.2) is 12.4 Å². The van der Waals surface area contributed by atoms with Crippen LogP contribution in [-0.4, -0.2) is 31.9 Å². The fraction of sp³-hybridized carbons (Fsp3) is 0.222. The Kier molecular flexibility index (Phi) is 5.03. The Balaban J connectivity index is 1.69. The lowest BCUT2D eigenvalue weighted by Gasteiger charge is -2.01. The summed E-state index contributed by atoms with van der Waals surface area (Å²) >= 11 is 0. The lowest BCUT2D eigenvalue weighted by Crippen LogP contribution is -2.08. The van der Waals surface area contributed by atoms with Crippen molar-refractivity contribution in [3.05, 3.63) is 62.8 Å². The molecule has 2 aromatic heterocycles. The maximum absolute atomic E-state index is 12.3. The number of carbonyl (C=O) groups is 2. The van der Waals surface area contributed by atoms with Gasteiger partial charge >= 0.3 is 5.97 Å². The predicted octanol–water partition coefficient (Wildman–Crippen LogP) is 3.15. The smallest absolute Gasteiger partial charge is 0.355 e. The SMILES string of the molecule is CC(=O)c1c(C)[nH]c(C(=O)OCc2nnc(-c3ccc([N+](=O)[O-])cc3)o2)c1C. The van der Waals surface area contributed by atoms with Crippen molar-refractivity contribution in [2.24, 2.45) is 0 Å². The number of H-pyrrole nitrogens is 1. The van der Waals surface area contributed by atoms with E-state index in [0.29, 0.717) is 22.4 Å². The number of nitro benzene ring substituents is 1. The van der Waals surface area contributed by atoms with Gasteiger partial charge in [0.2, 0.25) is 5.89 Å². The summed E-state index contributed by atoms with van der Waals surface area (Å²) in [6, 6.07) is 5.61. The van der Waals surface area contributed by atoms with Crippen LogP contribution in [0.3, 0.4) is 0 Å². The fourth-order valence-electron chi connectivity index (χ4n) is 2.84. The summed E-state index contributed by atoms with van der Waals surface area (Å²) in [5.74, 6) is -0.584. The van der Waals surface area contributed by atoms with Gasteiger partial charge in [-0.25, -0.2) is 4.79 Å². The van der Waals surface area contributed by atoms with E-state index in [1.165, 1.54) is 31.2 Å². The molecule has 0 spiro atoms. The number of nitro groups is 1. The number of ether oxygens (including phenoxy) is 1. The van der Waals surface area contributed by atoms with Crippen molar-refractivity contribution in [1.82, 2.24) is 15.2 Å². The number of aryl methyl sites for hydroxylation is 1. The summed E-state index contributed by atoms with van der Waals surface area (Å²) in [6.45, 7) is 4.54. The number of Topliss-reactive ketones (excluding diaryl/α,β-unsaturated/α-hetero) is 1. The Bertz CT molecular complexity index is 1060. The van der Waals surface area contributed by atoms with Crippen molar-refractivity contribution < 1.29 is 23.7 Å². The topological polar surface area (TPSA) is 141 Å². The van der Waals surface area contributed by atoms with Gasteiger partial charge in [-0.2, -0.15) is 0 Å². The molecule has 144 valence electrons. The minimum absolute atomic E-state index is 0.0565. The minimum atomic E-state index is -0.650. The highest BCUT2D eigenvalue weighted by atomic mass is 16.6. The third-order valence-electron chi connectivity index (χ3n) is 4.11. The summed E-state index contributed by atoms with van der Waals surface area (Å²) in [4.78, 5) is 37.0. The van der Waals surface area contributed by atoms with E-state index in [4.69, 9.17) is 9.15 Å². The van der Waals surface area contributed by atoms with Crippen molar-refractivity contribution in [2.45, 2.75) is 27.4 Å². The van der Waals surface area contributed by atoms with Gasteiger partial charge in [-0.3, -0.25) is 14.9 Å². The second-order valence-corrected chi connectivity index (χ2v) is 6.06. The summed E-state index contributed by atoms with van der Waals surface area (Å²) in [5.41, 5.74) is 2.21. The number of non-ortho nitro benzene ring substituents is 1. The molecule has 1 aromatic carbocycles. The van der Waals surface area contributed by atoms with E-state index in [9.17, 15) is 19.7 Å². The maximum atomic E-state index is 12.3. The van der Waals surface area contributed by atoms with E-state index in [1.54, 1.807) is 13.8 Å². The molecule has 28 heavy (non-hydrogen) atoms. The highest BCUT2D eigenvalue weighted by Gasteiger charge is 2.21. The third-order valence-corrected chi connectivity index (χ3v) is 4.11. The molecule has 0 saturated heterocycles. The second kappa shape index (κ2) is 7.43. The molecule has 0 unspecified atom stereocenters. The number of hydrogen-bond acceptors (Lipinski definition) is 8. The van der Waals surface area contributed by atoms with Crippen LogP contribution in [0.5, 0.6) is 0 Å². The van der Waals surface area contributed by atoms with Gasteiger partial charge in [0.25, 0.3) is 11.6 Å². The van der Waals surface area contributed by atoms with Crippen LogP contribution >= 0.6 is 0 Å². The summed E-state index contributed by atoms with van der Waals surface area (Å²) in [6.07, 6.45) is 0. The largest absolute Gasteiger partial charge is 0.451 e. The molecule has 0 amide bonds. The van der Waals surface area contributed by atoms with Gasteiger partial charge in [0.05, 0.1) is 4.92 Å². The van der Waals surface area contributed by atoms with Gasteiger partial charge in [0.1, 0.15) is 5.69 Å². The third kappa shape index (κ3) is 3.65. The van der Waals surface area contributed by atoms with Crippen LogP contribution in [0.2, 0.25) is 0 Å². The van der Waals surface area contributed by atoms with Crippen LogP contribution in [0.1, 0.15) is 44.9 Å². The Morgan fingerprint density at radius 2 is 1.89 bits per heavy atom. The number of esters is 1. The van der Waals surface area contributed by atoms with E-state index < -0.39 is 10.9 Å². The number of ketones is 1. The number of hydrogen-bond donors (Lipinski definition) is 1. The molecule has 0 saturated carbocycles. The number of carbonyl (C=O) groups excluding carboxylic acids is 2. The highest BCUT2D eigenvalue weighted by molar-refractivity contribution is 6.01. The first-order chi connectivity index (χ1) is 13.3. The van der Waals surface area contributed by atoms with Crippen molar-refractivity contribution in [1.29, 1.82) is 0 Å². The first kappa shape index (κ1) is 19.0. The molecule has 1 N–H and O–H groups in total. The number of aromatic nitrogens is 3. The maximum Gasteiger partial charge on any atom is 0.355 e. The molecule has 0 radical (unpaired) electrons. The Morgan fingerprint density at radius 3 is 2.46 bits per heavy atom. The molecule has 10 heteroatoms. The minimum Gasteiger partial charge on any atom is -0.451 e. The number of rotatable bonds is 6. The Hall–Kier alpha value is -3.82. The molecule has 10 nitrogen and oxygen atoms in total. The lowest BCUT2D eigenvalue weighted by atomic mass is 10.1. The monoisotopic (exact) mass is 384 g/mol. The van der Waals surface area contributed by atoms with Gasteiger partial charge in [-0.1, -0.05) is 0 Å². The lowest BCUT2D eigenvalue weighted by molar-refractivity contribution is -0.384. The van der Waals surface area contributed by atoms with Crippen LogP contribution in [0.4, 0.5) is 5.69 Å². The van der Waals surface area contributed by atoms with Crippen LogP contribution in [-0.2, 0) is 11.3 Å². The van der Waals surface area contributed by atoms with Crippen LogP contribution in [0, 0.1) is 24.0 Å². The average molecular weight is 384 g/mol. The number of nitrogens with zero attached hydrogens (tertiary/aromatic N) is 3. The molecule has 2 heterocycles. The van der Waals surface area contributed by atoms with E-state index in [-0.39, 0.29) is 35.6 Å². The molecule has 3 aromatic rings. The predicted molar refractivity (Wildman–Crippen MR) is 95.8 cm³/mol. The van der Waals surface area contributed by atoms with Crippen LogP contribution in [0.15, 0.2) is 28.7 Å².